The third-order valence-corrected chi connectivity index (χ3v) is 6.89. The summed E-state index contributed by atoms with van der Waals surface area (Å²) in [6.45, 7) is 7.66. The second-order valence-electron chi connectivity index (χ2n) is 9.29. The van der Waals surface area contributed by atoms with E-state index in [-0.39, 0.29) is 49.7 Å². The maximum atomic E-state index is 16.3. The number of benzene rings is 2. The fourth-order valence-corrected chi connectivity index (χ4v) is 5.11. The van der Waals surface area contributed by atoms with Crippen LogP contribution in [0.5, 0.6) is 6.01 Å². The number of hydrogen-bond donors (Lipinski definition) is 0. The number of rotatable bonds is 6. The van der Waals surface area contributed by atoms with Crippen molar-refractivity contribution in [2.45, 2.75) is 26.3 Å². The molecule has 0 radical (unpaired) electrons. The van der Waals surface area contributed by atoms with Gasteiger partial charge in [-0.2, -0.15) is 15.2 Å². The Morgan fingerprint density at radius 1 is 1.18 bits per heavy atom. The quantitative estimate of drug-likeness (QED) is 0.321. The molecule has 8 nitrogen and oxygen atoms in total. The van der Waals surface area contributed by atoms with Crippen LogP contribution in [0.4, 0.5) is 14.6 Å². The first-order valence-corrected chi connectivity index (χ1v) is 12.6. The number of halogens is 2. The highest BCUT2D eigenvalue weighted by Gasteiger charge is 2.34. The minimum atomic E-state index is -1.09. The fraction of sp³-hybridized carbons (Fsp3) is 0.276. The summed E-state index contributed by atoms with van der Waals surface area (Å²) in [7, 11) is 0. The number of carbonyl (C=O) groups is 1. The van der Waals surface area contributed by atoms with Gasteiger partial charge in [0.25, 0.3) is 5.91 Å². The van der Waals surface area contributed by atoms with E-state index in [9.17, 15) is 14.4 Å². The highest BCUT2D eigenvalue weighted by Crippen LogP contribution is 2.36. The number of anilines is 1. The molecular formula is C29H26F2N6O2. The first kappa shape index (κ1) is 26.0. The van der Waals surface area contributed by atoms with E-state index in [1.54, 1.807) is 11.8 Å². The number of fused-ring (bicyclic) bond motifs is 2. The van der Waals surface area contributed by atoms with Crippen LogP contribution in [-0.4, -0.2) is 58.0 Å². The van der Waals surface area contributed by atoms with Crippen LogP contribution in [0.2, 0.25) is 0 Å². The lowest BCUT2D eigenvalue weighted by Crippen LogP contribution is -2.55. The molecule has 198 valence electrons. The molecule has 1 aliphatic heterocycles. The molecule has 1 atom stereocenters. The van der Waals surface area contributed by atoms with Gasteiger partial charge >= 0.3 is 6.01 Å². The minimum Gasteiger partial charge on any atom is -0.464 e. The van der Waals surface area contributed by atoms with Crippen molar-refractivity contribution in [3.8, 4) is 23.2 Å². The Hall–Kier alpha value is -4.65. The Morgan fingerprint density at radius 3 is 2.67 bits per heavy atom. The molecule has 2 aromatic carbocycles. The monoisotopic (exact) mass is 528 g/mol. The number of piperazine rings is 1. The summed E-state index contributed by atoms with van der Waals surface area (Å²) in [4.78, 5) is 28.9. The molecule has 1 amide bonds. The maximum absolute atomic E-state index is 16.3. The lowest BCUT2D eigenvalue weighted by molar-refractivity contribution is -0.131. The summed E-state index contributed by atoms with van der Waals surface area (Å²) in [5, 5.41) is 11.2. The van der Waals surface area contributed by atoms with Crippen molar-refractivity contribution < 1.29 is 18.3 Å². The molecule has 1 fully saturated rings. The number of aryl methyl sites for hydroxylation is 1. The van der Waals surface area contributed by atoms with Crippen molar-refractivity contribution in [2.24, 2.45) is 0 Å². The minimum absolute atomic E-state index is 0.000914. The molecule has 0 spiro atoms. The van der Waals surface area contributed by atoms with Crippen LogP contribution < -0.4 is 9.64 Å². The highest BCUT2D eigenvalue weighted by molar-refractivity contribution is 6.01. The largest absolute Gasteiger partial charge is 0.464 e. The summed E-state index contributed by atoms with van der Waals surface area (Å²) in [5.74, 6) is -2.18. The number of amides is 1. The predicted molar refractivity (Wildman–Crippen MR) is 144 cm³/mol. The third kappa shape index (κ3) is 4.72. The van der Waals surface area contributed by atoms with Gasteiger partial charge in [0, 0.05) is 31.4 Å². The van der Waals surface area contributed by atoms with Crippen LogP contribution in [0.3, 0.4) is 0 Å². The lowest BCUT2D eigenvalue weighted by Gasteiger charge is -2.40. The maximum Gasteiger partial charge on any atom is 0.319 e. The second-order valence-corrected chi connectivity index (χ2v) is 9.29. The standard InChI is InChI=1S/C29H26F2N6O2/c1-4-39-29-34-25-24(31)22(21-10-6-9-19-8-5-7-17(2)23(19)21)15-33-26(25)27(35-29)36-13-14-37(28(38)18(3)30)20(16-36)11-12-32/h5-10,15,20H,3-4,11,13-14,16H2,1-2H3/t20-/m0/s1. The average Bonchev–Trinajstić information content (AvgIpc) is 2.93. The number of ether oxygens (including phenoxy) is 1. The number of carbonyl (C=O) groups excluding carboxylic acids is 1. The molecule has 0 N–H and O–H groups in total. The normalized spacial score (nSPS) is 15.4. The number of nitriles is 1. The highest BCUT2D eigenvalue weighted by atomic mass is 19.1. The van der Waals surface area contributed by atoms with Gasteiger partial charge in [0.2, 0.25) is 0 Å². The first-order valence-electron chi connectivity index (χ1n) is 12.6. The summed E-state index contributed by atoms with van der Waals surface area (Å²) in [6.07, 6.45) is 1.45. The SMILES string of the molecule is C=C(F)C(=O)N1CCN(c2nc(OCC)nc3c(F)c(-c4cccc5cccc(C)c45)cnc23)C[C@@H]1CC#N. The lowest BCUT2D eigenvalue weighted by atomic mass is 9.95. The van der Waals surface area contributed by atoms with Gasteiger partial charge in [-0.1, -0.05) is 43.0 Å². The fourth-order valence-electron chi connectivity index (χ4n) is 5.11. The predicted octanol–water partition coefficient (Wildman–Crippen LogP) is 5.11. The van der Waals surface area contributed by atoms with E-state index in [2.05, 4.69) is 27.6 Å². The van der Waals surface area contributed by atoms with Gasteiger partial charge in [-0.3, -0.25) is 4.79 Å². The smallest absolute Gasteiger partial charge is 0.319 e. The van der Waals surface area contributed by atoms with Crippen molar-refractivity contribution in [2.75, 3.05) is 31.1 Å². The van der Waals surface area contributed by atoms with E-state index in [0.29, 0.717) is 16.9 Å². The van der Waals surface area contributed by atoms with Gasteiger partial charge in [0.15, 0.2) is 17.5 Å². The van der Waals surface area contributed by atoms with Gasteiger partial charge in [0.1, 0.15) is 11.0 Å². The van der Waals surface area contributed by atoms with E-state index >= 15 is 4.39 Å². The Bertz CT molecular complexity index is 1650. The van der Waals surface area contributed by atoms with Crippen LogP contribution in [0.15, 0.2) is 55.0 Å². The Morgan fingerprint density at radius 2 is 1.95 bits per heavy atom. The van der Waals surface area contributed by atoms with E-state index in [1.165, 1.54) is 11.1 Å². The molecule has 10 heteroatoms. The van der Waals surface area contributed by atoms with E-state index in [4.69, 9.17) is 4.74 Å². The third-order valence-electron chi connectivity index (χ3n) is 6.89. The molecular weight excluding hydrogens is 502 g/mol. The van der Waals surface area contributed by atoms with Crippen molar-refractivity contribution in [3.05, 3.63) is 66.4 Å². The van der Waals surface area contributed by atoms with Crippen LogP contribution >= 0.6 is 0 Å². The summed E-state index contributed by atoms with van der Waals surface area (Å²) >= 11 is 0. The average molecular weight is 529 g/mol. The first-order chi connectivity index (χ1) is 18.8. The van der Waals surface area contributed by atoms with Gasteiger partial charge in [-0.05, 0) is 35.7 Å². The summed E-state index contributed by atoms with van der Waals surface area (Å²) in [6, 6.07) is 13.0. The Labute approximate surface area is 224 Å². The Balaban J connectivity index is 1.64. The van der Waals surface area contributed by atoms with Crippen LogP contribution in [-0.2, 0) is 4.79 Å². The molecule has 0 unspecified atom stereocenters. The molecule has 3 heterocycles. The van der Waals surface area contributed by atoms with Crippen molar-refractivity contribution in [1.82, 2.24) is 19.9 Å². The summed E-state index contributed by atoms with van der Waals surface area (Å²) in [5.41, 5.74) is 2.23. The molecule has 4 aromatic rings. The molecule has 39 heavy (non-hydrogen) atoms. The number of pyridine rings is 1. The van der Waals surface area contributed by atoms with Crippen molar-refractivity contribution >= 4 is 33.5 Å². The molecule has 1 saturated heterocycles. The topological polar surface area (TPSA) is 95.2 Å². The van der Waals surface area contributed by atoms with Crippen molar-refractivity contribution in [1.29, 1.82) is 5.26 Å². The molecule has 5 rings (SSSR count). The van der Waals surface area contributed by atoms with Crippen LogP contribution in [0, 0.1) is 24.1 Å². The molecule has 2 aromatic heterocycles. The Kier molecular flexibility index (Phi) is 7.07. The van der Waals surface area contributed by atoms with Gasteiger partial charge in [0.05, 0.1) is 25.1 Å². The zero-order valence-corrected chi connectivity index (χ0v) is 21.6. The van der Waals surface area contributed by atoms with Gasteiger partial charge in [-0.25, -0.2) is 13.8 Å². The number of nitrogens with zero attached hydrogens (tertiary/aromatic N) is 6. The zero-order chi connectivity index (χ0) is 27.7. The van der Waals surface area contributed by atoms with Crippen LogP contribution in [0.25, 0.3) is 32.9 Å². The summed E-state index contributed by atoms with van der Waals surface area (Å²) < 4.78 is 35.5. The molecule has 1 aliphatic rings. The molecule has 0 saturated carbocycles. The van der Waals surface area contributed by atoms with E-state index in [1.807, 2.05) is 43.3 Å². The number of aromatic nitrogens is 3. The van der Waals surface area contributed by atoms with E-state index in [0.717, 1.165) is 16.3 Å². The number of hydrogen-bond acceptors (Lipinski definition) is 7. The zero-order valence-electron chi connectivity index (χ0n) is 21.6. The van der Waals surface area contributed by atoms with Crippen molar-refractivity contribution in [3.63, 3.8) is 0 Å². The van der Waals surface area contributed by atoms with Crippen LogP contribution in [0.1, 0.15) is 18.9 Å². The second kappa shape index (κ2) is 10.6. The van der Waals surface area contributed by atoms with Gasteiger partial charge in [-0.15, -0.1) is 0 Å². The molecule has 0 bridgehead atoms. The molecule has 0 aliphatic carbocycles. The van der Waals surface area contributed by atoms with Gasteiger partial charge < -0.3 is 14.5 Å². The van der Waals surface area contributed by atoms with E-state index < -0.39 is 23.6 Å².